The molecule has 0 aliphatic rings. The number of alkyl halides is 6. The molecule has 0 aliphatic carbocycles. The lowest BCUT2D eigenvalue weighted by Gasteiger charge is -2.16. The molecule has 2 aromatic carbocycles. The maximum Gasteiger partial charge on any atom is 0.422 e. The van der Waals surface area contributed by atoms with Crippen LogP contribution in [0.3, 0.4) is 0 Å². The van der Waals surface area contributed by atoms with Crippen molar-refractivity contribution in [3.63, 3.8) is 0 Å². The molecule has 12 heteroatoms. The van der Waals surface area contributed by atoms with E-state index in [0.717, 1.165) is 18.2 Å². The second kappa shape index (κ2) is 9.74. The molecule has 0 amide bonds. The van der Waals surface area contributed by atoms with Crippen LogP contribution in [0.25, 0.3) is 0 Å². The van der Waals surface area contributed by atoms with Gasteiger partial charge in [0.2, 0.25) is 0 Å². The summed E-state index contributed by atoms with van der Waals surface area (Å²) in [6.07, 6.45) is -9.25. The third kappa shape index (κ3) is 8.64. The number of benzene rings is 2. The van der Waals surface area contributed by atoms with Gasteiger partial charge in [-0.1, -0.05) is 0 Å². The molecule has 0 aromatic heterocycles. The van der Waals surface area contributed by atoms with E-state index in [0.29, 0.717) is 11.4 Å². The average Bonchev–Trinajstić information content (AvgIpc) is 2.64. The molecule has 0 heterocycles. The highest BCUT2D eigenvalue weighted by Crippen LogP contribution is 2.29. The molecule has 0 aliphatic heterocycles. The SMILES string of the molecule is COc1ccc(NC(=S)Nc2cc(OCC(F)(F)F)cc(OCC(F)(F)F)c2)cc1. The Bertz CT molecular complexity index is 820. The quantitative estimate of drug-likeness (QED) is 0.433. The summed E-state index contributed by atoms with van der Waals surface area (Å²) in [6.45, 7) is -3.24. The standard InChI is InChI=1S/C18H16F6N2O3S/c1-27-13-4-2-11(3-5-13)25-16(30)26-12-6-14(28-9-17(19,20)21)8-15(7-12)29-10-18(22,23)24/h2-8H,9-10H2,1H3,(H2,25,26,30). The van der Waals surface area contributed by atoms with Crippen molar-refractivity contribution < 1.29 is 40.6 Å². The highest BCUT2D eigenvalue weighted by molar-refractivity contribution is 7.80. The summed E-state index contributed by atoms with van der Waals surface area (Å²) in [5.74, 6) is -0.0797. The van der Waals surface area contributed by atoms with E-state index in [2.05, 4.69) is 20.1 Å². The number of thiocarbonyl (C=S) groups is 1. The monoisotopic (exact) mass is 454 g/mol. The van der Waals surface area contributed by atoms with Crippen molar-refractivity contribution in [1.29, 1.82) is 0 Å². The van der Waals surface area contributed by atoms with Crippen molar-refractivity contribution >= 4 is 28.7 Å². The summed E-state index contributed by atoms with van der Waals surface area (Å²) >= 11 is 5.12. The number of ether oxygens (including phenoxy) is 3. The molecule has 0 saturated heterocycles. The van der Waals surface area contributed by atoms with E-state index < -0.39 is 25.6 Å². The smallest absolute Gasteiger partial charge is 0.422 e. The Labute approximate surface area is 172 Å². The number of anilines is 2. The van der Waals surface area contributed by atoms with Gasteiger partial charge < -0.3 is 24.8 Å². The Morgan fingerprint density at radius 2 is 1.23 bits per heavy atom. The molecule has 0 fully saturated rings. The lowest BCUT2D eigenvalue weighted by Crippen LogP contribution is -2.21. The first kappa shape index (κ1) is 23.4. The van der Waals surface area contributed by atoms with Crippen LogP contribution in [0, 0.1) is 0 Å². The summed E-state index contributed by atoms with van der Waals surface area (Å²) < 4.78 is 88.6. The fourth-order valence-electron chi connectivity index (χ4n) is 2.11. The summed E-state index contributed by atoms with van der Waals surface area (Å²) in [5.41, 5.74) is 0.643. The van der Waals surface area contributed by atoms with Crippen LogP contribution in [-0.2, 0) is 0 Å². The Balaban J connectivity index is 2.13. The number of halogens is 6. The molecular weight excluding hydrogens is 438 g/mol. The zero-order chi connectivity index (χ0) is 22.4. The predicted molar refractivity (Wildman–Crippen MR) is 102 cm³/mol. The minimum atomic E-state index is -4.62. The minimum Gasteiger partial charge on any atom is -0.497 e. The van der Waals surface area contributed by atoms with E-state index in [-0.39, 0.29) is 22.3 Å². The maximum atomic E-state index is 12.4. The molecular formula is C18H16F6N2O3S. The maximum absolute atomic E-state index is 12.4. The van der Waals surface area contributed by atoms with Gasteiger partial charge in [0.25, 0.3) is 0 Å². The van der Waals surface area contributed by atoms with Gasteiger partial charge in [0.05, 0.1) is 7.11 Å². The lowest BCUT2D eigenvalue weighted by molar-refractivity contribution is -0.153. The fourth-order valence-corrected chi connectivity index (χ4v) is 2.34. The van der Waals surface area contributed by atoms with Crippen LogP contribution < -0.4 is 24.8 Å². The van der Waals surface area contributed by atoms with Crippen molar-refractivity contribution in [3.05, 3.63) is 42.5 Å². The van der Waals surface area contributed by atoms with Crippen LogP contribution in [0.4, 0.5) is 37.7 Å². The van der Waals surface area contributed by atoms with Crippen molar-refractivity contribution in [2.24, 2.45) is 0 Å². The van der Waals surface area contributed by atoms with Gasteiger partial charge in [0, 0.05) is 29.6 Å². The number of hydrogen-bond donors (Lipinski definition) is 2. The van der Waals surface area contributed by atoms with Crippen LogP contribution in [0.1, 0.15) is 0 Å². The van der Waals surface area contributed by atoms with Gasteiger partial charge in [-0.3, -0.25) is 0 Å². The van der Waals surface area contributed by atoms with E-state index in [1.165, 1.54) is 7.11 Å². The van der Waals surface area contributed by atoms with E-state index in [9.17, 15) is 26.3 Å². The minimum absolute atomic E-state index is 0.0370. The first-order valence-corrected chi connectivity index (χ1v) is 8.60. The van der Waals surface area contributed by atoms with E-state index in [1.807, 2.05) is 0 Å². The number of hydrogen-bond acceptors (Lipinski definition) is 4. The first-order chi connectivity index (χ1) is 13.9. The molecule has 5 nitrogen and oxygen atoms in total. The summed E-state index contributed by atoms with van der Waals surface area (Å²) in [4.78, 5) is 0. The van der Waals surface area contributed by atoms with Gasteiger partial charge in [-0.2, -0.15) is 26.3 Å². The van der Waals surface area contributed by atoms with Crippen LogP contribution >= 0.6 is 12.2 Å². The predicted octanol–water partition coefficient (Wildman–Crippen LogP) is 5.39. The molecule has 2 N–H and O–H groups in total. The third-order valence-corrected chi connectivity index (χ3v) is 3.49. The summed E-state index contributed by atoms with van der Waals surface area (Å²) in [5, 5.41) is 5.51. The second-order valence-electron chi connectivity index (χ2n) is 5.81. The molecule has 0 bridgehead atoms. The van der Waals surface area contributed by atoms with Crippen LogP contribution in [0.15, 0.2) is 42.5 Å². The number of rotatable bonds is 7. The van der Waals surface area contributed by atoms with Gasteiger partial charge in [0.1, 0.15) is 17.2 Å². The Morgan fingerprint density at radius 3 is 1.67 bits per heavy atom. The molecule has 0 radical (unpaired) electrons. The van der Waals surface area contributed by atoms with Gasteiger partial charge in [-0.15, -0.1) is 0 Å². The Kier molecular flexibility index (Phi) is 7.59. The van der Waals surface area contributed by atoms with Crippen molar-refractivity contribution in [3.8, 4) is 17.2 Å². The van der Waals surface area contributed by atoms with E-state index >= 15 is 0 Å². The molecule has 164 valence electrons. The highest BCUT2D eigenvalue weighted by atomic mass is 32.1. The van der Waals surface area contributed by atoms with Gasteiger partial charge >= 0.3 is 12.4 Å². The molecule has 2 aromatic rings. The second-order valence-corrected chi connectivity index (χ2v) is 6.22. The summed E-state index contributed by atoms with van der Waals surface area (Å²) in [6, 6.07) is 9.87. The molecule has 0 unspecified atom stereocenters. The van der Waals surface area contributed by atoms with Crippen LogP contribution in [0.5, 0.6) is 17.2 Å². The molecule has 0 saturated carbocycles. The van der Waals surface area contributed by atoms with Gasteiger partial charge in [-0.05, 0) is 36.5 Å². The third-order valence-electron chi connectivity index (χ3n) is 3.29. The van der Waals surface area contributed by atoms with E-state index in [4.69, 9.17) is 17.0 Å². The average molecular weight is 454 g/mol. The normalized spacial score (nSPS) is 11.6. The Morgan fingerprint density at radius 1 is 0.767 bits per heavy atom. The van der Waals surface area contributed by atoms with Crippen molar-refractivity contribution in [2.75, 3.05) is 31.0 Å². The molecule has 0 spiro atoms. The largest absolute Gasteiger partial charge is 0.497 e. The molecule has 30 heavy (non-hydrogen) atoms. The highest BCUT2D eigenvalue weighted by Gasteiger charge is 2.30. The summed E-state index contributed by atoms with van der Waals surface area (Å²) in [7, 11) is 1.50. The van der Waals surface area contributed by atoms with Crippen LogP contribution in [0.2, 0.25) is 0 Å². The van der Waals surface area contributed by atoms with Crippen molar-refractivity contribution in [2.45, 2.75) is 12.4 Å². The topological polar surface area (TPSA) is 51.8 Å². The first-order valence-electron chi connectivity index (χ1n) is 8.20. The fraction of sp³-hybridized carbons (Fsp3) is 0.278. The molecule has 0 atom stereocenters. The zero-order valence-electron chi connectivity index (χ0n) is 15.4. The molecule has 2 rings (SSSR count). The zero-order valence-corrected chi connectivity index (χ0v) is 16.2. The van der Waals surface area contributed by atoms with Gasteiger partial charge in [-0.25, -0.2) is 0 Å². The lowest BCUT2D eigenvalue weighted by atomic mass is 10.2. The van der Waals surface area contributed by atoms with E-state index in [1.54, 1.807) is 24.3 Å². The van der Waals surface area contributed by atoms with Crippen molar-refractivity contribution in [1.82, 2.24) is 0 Å². The number of nitrogens with one attached hydrogen (secondary N) is 2. The number of methoxy groups -OCH3 is 1. The Hall–Kier alpha value is -2.89. The van der Waals surface area contributed by atoms with Gasteiger partial charge in [0.15, 0.2) is 18.3 Å². The van der Waals surface area contributed by atoms with Crippen LogP contribution in [-0.4, -0.2) is 37.8 Å².